The Bertz CT molecular complexity index is 466. The Morgan fingerprint density at radius 1 is 1.15 bits per heavy atom. The van der Waals surface area contributed by atoms with E-state index in [2.05, 4.69) is 18.2 Å². The Balaban J connectivity index is 2.93. The Morgan fingerprint density at radius 2 is 1.85 bits per heavy atom. The van der Waals surface area contributed by atoms with Crippen LogP contribution in [-0.4, -0.2) is 27.4 Å². The normalized spacial score (nSPS) is 11.6. The molecule has 0 aliphatic rings. The van der Waals surface area contributed by atoms with Crippen LogP contribution in [0.5, 0.6) is 17.2 Å². The van der Waals surface area contributed by atoms with Crippen molar-refractivity contribution >= 4 is 0 Å². The third-order valence-electron chi connectivity index (χ3n) is 3.10. The second kappa shape index (κ2) is 8.34. The minimum Gasteiger partial charge on any atom is -0.493 e. The number of hydrogen-bond donors (Lipinski definition) is 1. The summed E-state index contributed by atoms with van der Waals surface area (Å²) in [5.41, 5.74) is 0.988. The molecule has 1 aromatic carbocycles. The summed E-state index contributed by atoms with van der Waals surface area (Å²) in [4.78, 5) is 0. The van der Waals surface area contributed by atoms with Crippen LogP contribution in [0, 0.1) is 12.3 Å². The Morgan fingerprint density at radius 3 is 2.35 bits per heavy atom. The van der Waals surface area contributed by atoms with E-state index in [0.29, 0.717) is 23.8 Å². The van der Waals surface area contributed by atoms with Gasteiger partial charge in [0.05, 0.1) is 27.4 Å². The van der Waals surface area contributed by atoms with Gasteiger partial charge in [-0.15, -0.1) is 6.42 Å². The maximum absolute atomic E-state index is 5.51. The molecular formula is C16H23NO3. The first-order chi connectivity index (χ1) is 9.71. The number of hydrogen-bond acceptors (Lipinski definition) is 4. The topological polar surface area (TPSA) is 39.7 Å². The summed E-state index contributed by atoms with van der Waals surface area (Å²) in [5, 5.41) is 3.34. The first-order valence-electron chi connectivity index (χ1n) is 6.69. The van der Waals surface area contributed by atoms with Gasteiger partial charge in [0.15, 0.2) is 11.5 Å². The van der Waals surface area contributed by atoms with E-state index in [9.17, 15) is 0 Å². The average molecular weight is 277 g/mol. The minimum atomic E-state index is 0.0674. The Kier molecular flexibility index (Phi) is 6.75. The van der Waals surface area contributed by atoms with Crippen LogP contribution in [0.3, 0.4) is 0 Å². The molecule has 20 heavy (non-hydrogen) atoms. The van der Waals surface area contributed by atoms with E-state index in [1.54, 1.807) is 21.3 Å². The first kappa shape index (κ1) is 16.2. The molecule has 0 saturated heterocycles. The van der Waals surface area contributed by atoms with Gasteiger partial charge in [-0.1, -0.05) is 25.3 Å². The molecule has 1 rings (SSSR count). The second-order valence-corrected chi connectivity index (χ2v) is 4.38. The van der Waals surface area contributed by atoms with Gasteiger partial charge in [-0.05, 0) is 12.5 Å². The molecule has 110 valence electrons. The lowest BCUT2D eigenvalue weighted by atomic mass is 10.1. The van der Waals surface area contributed by atoms with Crippen molar-refractivity contribution in [3.8, 4) is 29.6 Å². The van der Waals surface area contributed by atoms with Crippen LogP contribution in [0.1, 0.15) is 25.3 Å². The lowest BCUT2D eigenvalue weighted by molar-refractivity contribution is 0.321. The van der Waals surface area contributed by atoms with Crippen LogP contribution in [0.25, 0.3) is 0 Å². The summed E-state index contributed by atoms with van der Waals surface area (Å²) in [6.07, 6.45) is 7.50. The van der Waals surface area contributed by atoms with Gasteiger partial charge in [0.1, 0.15) is 0 Å². The van der Waals surface area contributed by atoms with Crippen molar-refractivity contribution in [1.82, 2.24) is 5.32 Å². The molecule has 1 N–H and O–H groups in total. The van der Waals surface area contributed by atoms with Gasteiger partial charge >= 0.3 is 0 Å². The van der Waals surface area contributed by atoms with E-state index < -0.39 is 0 Å². The smallest absolute Gasteiger partial charge is 0.203 e. The molecule has 0 radical (unpaired) electrons. The highest BCUT2D eigenvalue weighted by atomic mass is 16.5. The van der Waals surface area contributed by atoms with Crippen molar-refractivity contribution in [2.24, 2.45) is 0 Å². The molecule has 0 amide bonds. The van der Waals surface area contributed by atoms with Crippen molar-refractivity contribution in [2.75, 3.05) is 21.3 Å². The second-order valence-electron chi connectivity index (χ2n) is 4.38. The average Bonchev–Trinajstić information content (AvgIpc) is 2.50. The minimum absolute atomic E-state index is 0.0674. The monoisotopic (exact) mass is 277 g/mol. The van der Waals surface area contributed by atoms with Crippen LogP contribution in [0.2, 0.25) is 0 Å². The highest BCUT2D eigenvalue weighted by Gasteiger charge is 2.16. The highest BCUT2D eigenvalue weighted by molar-refractivity contribution is 5.55. The summed E-state index contributed by atoms with van der Waals surface area (Å²) in [7, 11) is 4.81. The van der Waals surface area contributed by atoms with Crippen LogP contribution in [0.4, 0.5) is 0 Å². The number of nitrogens with one attached hydrogen (secondary N) is 1. The summed E-state index contributed by atoms with van der Waals surface area (Å²) in [6.45, 7) is 2.74. The molecule has 4 heteroatoms. The van der Waals surface area contributed by atoms with Crippen LogP contribution in [0.15, 0.2) is 12.1 Å². The number of terminal acetylenes is 1. The zero-order valence-corrected chi connectivity index (χ0v) is 12.7. The predicted molar refractivity (Wildman–Crippen MR) is 80.5 cm³/mol. The molecule has 0 spiro atoms. The van der Waals surface area contributed by atoms with Gasteiger partial charge < -0.3 is 14.2 Å². The van der Waals surface area contributed by atoms with Gasteiger partial charge in [-0.25, -0.2) is 0 Å². The van der Waals surface area contributed by atoms with Crippen LogP contribution in [-0.2, 0) is 6.54 Å². The molecule has 0 bridgehead atoms. The molecule has 0 fully saturated rings. The van der Waals surface area contributed by atoms with Gasteiger partial charge in [-0.3, -0.25) is 5.32 Å². The molecule has 1 aromatic rings. The fourth-order valence-corrected chi connectivity index (χ4v) is 2.07. The van der Waals surface area contributed by atoms with Crippen LogP contribution < -0.4 is 19.5 Å². The third kappa shape index (κ3) is 3.82. The number of rotatable bonds is 8. The maximum Gasteiger partial charge on any atom is 0.203 e. The lowest BCUT2D eigenvalue weighted by Crippen LogP contribution is -2.27. The van der Waals surface area contributed by atoms with E-state index >= 15 is 0 Å². The van der Waals surface area contributed by atoms with Crippen LogP contribution >= 0.6 is 0 Å². The van der Waals surface area contributed by atoms with Gasteiger partial charge in [0.25, 0.3) is 0 Å². The number of ether oxygens (including phenoxy) is 3. The van der Waals surface area contributed by atoms with Gasteiger partial charge in [-0.2, -0.15) is 0 Å². The van der Waals surface area contributed by atoms with Crippen molar-refractivity contribution in [2.45, 2.75) is 32.4 Å². The van der Waals surface area contributed by atoms with Crippen molar-refractivity contribution < 1.29 is 14.2 Å². The molecule has 0 heterocycles. The zero-order valence-electron chi connectivity index (χ0n) is 12.7. The quantitative estimate of drug-likeness (QED) is 0.741. The summed E-state index contributed by atoms with van der Waals surface area (Å²) >= 11 is 0. The third-order valence-corrected chi connectivity index (χ3v) is 3.10. The summed E-state index contributed by atoms with van der Waals surface area (Å²) in [5.74, 6) is 4.67. The first-order valence-corrected chi connectivity index (χ1v) is 6.69. The SMILES string of the molecule is C#CC(CCC)NCc1ccc(OC)c(OC)c1OC. The van der Waals surface area contributed by atoms with Gasteiger partial charge in [0.2, 0.25) is 5.75 Å². The molecule has 0 aliphatic heterocycles. The summed E-state index contributed by atoms with van der Waals surface area (Å²) in [6, 6.07) is 3.88. The van der Waals surface area contributed by atoms with E-state index in [1.165, 1.54) is 0 Å². The molecular weight excluding hydrogens is 254 g/mol. The number of benzene rings is 1. The molecule has 1 unspecified atom stereocenters. The van der Waals surface area contributed by atoms with E-state index in [0.717, 1.165) is 18.4 Å². The molecule has 4 nitrogen and oxygen atoms in total. The summed E-state index contributed by atoms with van der Waals surface area (Å²) < 4.78 is 16.1. The maximum atomic E-state index is 5.51. The van der Waals surface area contributed by atoms with Crippen molar-refractivity contribution in [3.05, 3.63) is 17.7 Å². The van der Waals surface area contributed by atoms with Gasteiger partial charge in [0, 0.05) is 12.1 Å². The van der Waals surface area contributed by atoms with E-state index in [-0.39, 0.29) is 6.04 Å². The predicted octanol–water partition coefficient (Wildman–Crippen LogP) is 2.60. The van der Waals surface area contributed by atoms with Crippen molar-refractivity contribution in [3.63, 3.8) is 0 Å². The van der Waals surface area contributed by atoms with Crippen molar-refractivity contribution in [1.29, 1.82) is 0 Å². The Hall–Kier alpha value is -1.86. The molecule has 0 aromatic heterocycles. The van der Waals surface area contributed by atoms with E-state index in [4.69, 9.17) is 20.6 Å². The molecule has 0 saturated carbocycles. The Labute approximate surface area is 121 Å². The highest BCUT2D eigenvalue weighted by Crippen LogP contribution is 2.39. The fraction of sp³-hybridized carbons (Fsp3) is 0.500. The standard InChI is InChI=1S/C16H23NO3/c1-6-8-13(7-2)17-11-12-9-10-14(18-3)16(20-5)15(12)19-4/h2,9-10,13,17H,6,8,11H2,1,3-5H3. The fourth-order valence-electron chi connectivity index (χ4n) is 2.07. The molecule has 1 atom stereocenters. The zero-order chi connectivity index (χ0) is 15.0. The lowest BCUT2D eigenvalue weighted by Gasteiger charge is -2.17. The largest absolute Gasteiger partial charge is 0.493 e. The number of methoxy groups -OCH3 is 3. The molecule has 0 aliphatic carbocycles. The van der Waals surface area contributed by atoms with E-state index in [1.807, 2.05) is 12.1 Å².